The normalized spacial score (nSPS) is 11.3. The molecule has 2 aromatic rings. The van der Waals surface area contributed by atoms with Gasteiger partial charge in [-0.25, -0.2) is 8.42 Å². The van der Waals surface area contributed by atoms with E-state index in [4.69, 9.17) is 11.6 Å². The first-order valence-electron chi connectivity index (χ1n) is 5.75. The fourth-order valence-electron chi connectivity index (χ4n) is 1.67. The van der Waals surface area contributed by atoms with Crippen molar-refractivity contribution in [1.29, 1.82) is 0 Å². The van der Waals surface area contributed by atoms with Crippen LogP contribution in [-0.2, 0) is 10.0 Å². The number of nitrogens with one attached hydrogen (secondary N) is 1. The maximum atomic E-state index is 12.2. The quantitative estimate of drug-likeness (QED) is 0.937. The summed E-state index contributed by atoms with van der Waals surface area (Å²) in [6, 6.07) is 11.9. The second-order valence-electron chi connectivity index (χ2n) is 4.35. The summed E-state index contributed by atoms with van der Waals surface area (Å²) in [5.74, 6) is 0. The Hall–Kier alpha value is -1.52. The number of hydrogen-bond acceptors (Lipinski definition) is 2. The molecule has 100 valence electrons. The van der Waals surface area contributed by atoms with Crippen LogP contribution in [-0.4, -0.2) is 8.42 Å². The van der Waals surface area contributed by atoms with Crippen molar-refractivity contribution in [2.45, 2.75) is 18.7 Å². The van der Waals surface area contributed by atoms with Gasteiger partial charge in [-0.1, -0.05) is 41.4 Å². The molecule has 0 fully saturated rings. The largest absolute Gasteiger partial charge is 0.278 e. The van der Waals surface area contributed by atoms with Crippen molar-refractivity contribution in [1.82, 2.24) is 0 Å². The SMILES string of the molecule is Cc1ccc(S(=O)(=O)Nc2c(C)cccc2Cl)cc1. The highest BCUT2D eigenvalue weighted by molar-refractivity contribution is 7.92. The Kier molecular flexibility index (Phi) is 3.83. The highest BCUT2D eigenvalue weighted by Crippen LogP contribution is 2.27. The molecular weight excluding hydrogens is 282 g/mol. The third-order valence-corrected chi connectivity index (χ3v) is 4.47. The van der Waals surface area contributed by atoms with Crippen LogP contribution in [0, 0.1) is 13.8 Å². The van der Waals surface area contributed by atoms with Crippen molar-refractivity contribution in [2.24, 2.45) is 0 Å². The van der Waals surface area contributed by atoms with Crippen LogP contribution in [0.1, 0.15) is 11.1 Å². The molecule has 0 heterocycles. The zero-order valence-electron chi connectivity index (χ0n) is 10.6. The summed E-state index contributed by atoms with van der Waals surface area (Å²) in [4.78, 5) is 0.220. The van der Waals surface area contributed by atoms with Gasteiger partial charge in [0.15, 0.2) is 0 Å². The molecule has 5 heteroatoms. The highest BCUT2D eigenvalue weighted by atomic mass is 35.5. The van der Waals surface area contributed by atoms with E-state index in [1.807, 2.05) is 6.92 Å². The van der Waals surface area contributed by atoms with Gasteiger partial charge in [0, 0.05) is 0 Å². The molecule has 0 amide bonds. The molecule has 2 aromatic carbocycles. The third-order valence-electron chi connectivity index (χ3n) is 2.79. The fourth-order valence-corrected chi connectivity index (χ4v) is 3.15. The second kappa shape index (κ2) is 5.23. The van der Waals surface area contributed by atoms with Crippen LogP contribution in [0.15, 0.2) is 47.4 Å². The summed E-state index contributed by atoms with van der Waals surface area (Å²) in [5.41, 5.74) is 2.21. The van der Waals surface area contributed by atoms with Gasteiger partial charge in [-0.05, 0) is 37.6 Å². The van der Waals surface area contributed by atoms with E-state index in [1.54, 1.807) is 49.4 Å². The first-order chi connectivity index (χ1) is 8.90. The lowest BCUT2D eigenvalue weighted by molar-refractivity contribution is 0.601. The van der Waals surface area contributed by atoms with Crippen LogP contribution in [0.3, 0.4) is 0 Å². The molecule has 0 unspecified atom stereocenters. The van der Waals surface area contributed by atoms with Gasteiger partial charge in [-0.15, -0.1) is 0 Å². The van der Waals surface area contributed by atoms with Crippen molar-refractivity contribution >= 4 is 27.3 Å². The minimum Gasteiger partial charge on any atom is -0.278 e. The second-order valence-corrected chi connectivity index (χ2v) is 6.44. The van der Waals surface area contributed by atoms with Gasteiger partial charge in [0.05, 0.1) is 15.6 Å². The fraction of sp³-hybridized carbons (Fsp3) is 0.143. The topological polar surface area (TPSA) is 46.2 Å². The van der Waals surface area contributed by atoms with Crippen molar-refractivity contribution in [3.8, 4) is 0 Å². The molecule has 2 rings (SSSR count). The summed E-state index contributed by atoms with van der Waals surface area (Å²) in [7, 11) is -3.61. The smallest absolute Gasteiger partial charge is 0.261 e. The zero-order chi connectivity index (χ0) is 14.0. The van der Waals surface area contributed by atoms with Gasteiger partial charge in [-0.3, -0.25) is 4.72 Å². The van der Waals surface area contributed by atoms with Crippen LogP contribution < -0.4 is 4.72 Å². The van der Waals surface area contributed by atoms with Gasteiger partial charge in [0.25, 0.3) is 10.0 Å². The monoisotopic (exact) mass is 295 g/mol. The number of sulfonamides is 1. The van der Waals surface area contributed by atoms with E-state index in [9.17, 15) is 8.42 Å². The number of benzene rings is 2. The number of halogens is 1. The average Bonchev–Trinajstić information content (AvgIpc) is 2.35. The van der Waals surface area contributed by atoms with E-state index >= 15 is 0 Å². The Morgan fingerprint density at radius 2 is 1.63 bits per heavy atom. The Bertz CT molecular complexity index is 674. The lowest BCUT2D eigenvalue weighted by Gasteiger charge is -2.12. The van der Waals surface area contributed by atoms with Crippen molar-refractivity contribution < 1.29 is 8.42 Å². The summed E-state index contributed by atoms with van der Waals surface area (Å²) in [5, 5.41) is 0.385. The predicted octanol–water partition coefficient (Wildman–Crippen LogP) is 3.76. The Labute approximate surface area is 118 Å². The maximum absolute atomic E-state index is 12.2. The van der Waals surface area contributed by atoms with Crippen LogP contribution in [0.5, 0.6) is 0 Å². The highest BCUT2D eigenvalue weighted by Gasteiger charge is 2.16. The summed E-state index contributed by atoms with van der Waals surface area (Å²) in [6.45, 7) is 3.71. The number of para-hydroxylation sites is 1. The minimum absolute atomic E-state index is 0.220. The Balaban J connectivity index is 2.39. The van der Waals surface area contributed by atoms with E-state index in [2.05, 4.69) is 4.72 Å². The van der Waals surface area contributed by atoms with Crippen molar-refractivity contribution in [3.63, 3.8) is 0 Å². The van der Waals surface area contributed by atoms with Gasteiger partial charge in [0.1, 0.15) is 0 Å². The van der Waals surface area contributed by atoms with Crippen LogP contribution in [0.2, 0.25) is 5.02 Å². The van der Waals surface area contributed by atoms with Crippen LogP contribution in [0.4, 0.5) is 5.69 Å². The molecule has 0 aliphatic heterocycles. The van der Waals surface area contributed by atoms with E-state index in [1.165, 1.54) is 0 Å². The van der Waals surface area contributed by atoms with Crippen molar-refractivity contribution in [2.75, 3.05) is 4.72 Å². The standard InChI is InChI=1S/C14H14ClNO2S/c1-10-6-8-12(9-7-10)19(17,18)16-14-11(2)4-3-5-13(14)15/h3-9,16H,1-2H3. The molecule has 0 bridgehead atoms. The van der Waals surface area contributed by atoms with E-state index in [0.29, 0.717) is 10.7 Å². The van der Waals surface area contributed by atoms with Crippen LogP contribution >= 0.6 is 11.6 Å². The molecule has 0 aromatic heterocycles. The van der Waals surface area contributed by atoms with Crippen LogP contribution in [0.25, 0.3) is 0 Å². The number of rotatable bonds is 3. The first-order valence-corrected chi connectivity index (χ1v) is 7.61. The molecular formula is C14H14ClNO2S. The average molecular weight is 296 g/mol. The first kappa shape index (κ1) is 13.9. The molecule has 3 nitrogen and oxygen atoms in total. The van der Waals surface area contributed by atoms with Gasteiger partial charge >= 0.3 is 0 Å². The molecule has 0 saturated heterocycles. The summed E-state index contributed by atoms with van der Waals surface area (Å²) >= 11 is 6.02. The molecule has 1 N–H and O–H groups in total. The molecule has 0 radical (unpaired) electrons. The Morgan fingerprint density at radius 1 is 1.00 bits per heavy atom. The predicted molar refractivity (Wildman–Crippen MR) is 78.2 cm³/mol. The minimum atomic E-state index is -3.61. The van der Waals surface area contributed by atoms with E-state index < -0.39 is 10.0 Å². The van der Waals surface area contributed by atoms with Gasteiger partial charge < -0.3 is 0 Å². The van der Waals surface area contributed by atoms with Crippen molar-refractivity contribution in [3.05, 3.63) is 58.6 Å². The van der Waals surface area contributed by atoms with Gasteiger partial charge in [-0.2, -0.15) is 0 Å². The molecule has 0 spiro atoms. The summed E-state index contributed by atoms with van der Waals surface area (Å²) < 4.78 is 27.0. The van der Waals surface area contributed by atoms with E-state index in [-0.39, 0.29) is 4.90 Å². The zero-order valence-corrected chi connectivity index (χ0v) is 12.2. The third kappa shape index (κ3) is 3.08. The number of hydrogen-bond donors (Lipinski definition) is 1. The Morgan fingerprint density at radius 3 is 2.21 bits per heavy atom. The molecule has 0 saturated carbocycles. The molecule has 0 aliphatic carbocycles. The lowest BCUT2D eigenvalue weighted by Crippen LogP contribution is -2.14. The number of aryl methyl sites for hydroxylation is 2. The maximum Gasteiger partial charge on any atom is 0.261 e. The number of anilines is 1. The summed E-state index contributed by atoms with van der Waals surface area (Å²) in [6.07, 6.45) is 0. The van der Waals surface area contributed by atoms with E-state index in [0.717, 1.165) is 11.1 Å². The lowest BCUT2D eigenvalue weighted by atomic mass is 10.2. The molecule has 0 atom stereocenters. The van der Waals surface area contributed by atoms with Gasteiger partial charge in [0.2, 0.25) is 0 Å². The molecule has 0 aliphatic rings. The molecule has 19 heavy (non-hydrogen) atoms.